The van der Waals surface area contributed by atoms with Gasteiger partial charge in [0.05, 0.1) is 25.5 Å². The van der Waals surface area contributed by atoms with E-state index in [0.717, 1.165) is 15.8 Å². The van der Waals surface area contributed by atoms with Crippen molar-refractivity contribution in [2.45, 2.75) is 6.54 Å². The maximum absolute atomic E-state index is 13.5. The van der Waals surface area contributed by atoms with E-state index in [2.05, 4.69) is 15.3 Å². The molecule has 0 radical (unpaired) electrons. The van der Waals surface area contributed by atoms with Crippen LogP contribution in [-0.4, -0.2) is 44.4 Å². The monoisotopic (exact) mass is 467 g/mol. The number of carbonyl (C=O) groups is 1. The van der Waals surface area contributed by atoms with Crippen LogP contribution in [0.4, 0.5) is 0 Å². The molecule has 0 saturated heterocycles. The van der Waals surface area contributed by atoms with E-state index in [-0.39, 0.29) is 23.7 Å². The second-order valence-corrected chi connectivity index (χ2v) is 7.69. The van der Waals surface area contributed by atoms with E-state index >= 15 is 0 Å². The Morgan fingerprint density at radius 2 is 1.54 bits per heavy atom. The van der Waals surface area contributed by atoms with Crippen LogP contribution in [0.3, 0.4) is 0 Å². The third kappa shape index (κ3) is 4.04. The van der Waals surface area contributed by atoms with E-state index in [1.54, 1.807) is 18.2 Å². The number of nitrogens with zero attached hydrogens (tertiary/aromatic N) is 5. The fourth-order valence-corrected chi connectivity index (χ4v) is 3.91. The number of benzene rings is 3. The van der Waals surface area contributed by atoms with Crippen molar-refractivity contribution in [1.82, 2.24) is 24.4 Å². The highest BCUT2D eigenvalue weighted by molar-refractivity contribution is 5.99. The number of aromatic nitrogens is 5. The van der Waals surface area contributed by atoms with Crippen LogP contribution < -0.4 is 15.2 Å². The van der Waals surface area contributed by atoms with E-state index in [1.807, 2.05) is 60.7 Å². The Kier molecular flexibility index (Phi) is 5.80. The molecule has 0 aliphatic rings. The molecule has 0 N–H and O–H groups in total. The molecule has 5 aromatic rings. The highest BCUT2D eigenvalue weighted by Crippen LogP contribution is 2.29. The minimum atomic E-state index is -0.499. The first-order valence-corrected chi connectivity index (χ1v) is 10.8. The van der Waals surface area contributed by atoms with Crippen LogP contribution in [-0.2, 0) is 6.54 Å². The molecular weight excluding hydrogens is 446 g/mol. The highest BCUT2D eigenvalue weighted by atomic mass is 16.5. The molecule has 0 bridgehead atoms. The molecule has 0 unspecified atom stereocenters. The Bertz CT molecular complexity index is 1580. The molecular formula is C26H21N5O4. The van der Waals surface area contributed by atoms with Gasteiger partial charge in [0, 0.05) is 11.1 Å². The Hall–Kier alpha value is -4.79. The lowest BCUT2D eigenvalue weighted by molar-refractivity contribution is 0.0963. The van der Waals surface area contributed by atoms with E-state index < -0.39 is 5.69 Å². The fraction of sp³-hybridized carbons (Fsp3) is 0.115. The number of fused-ring (bicyclic) bond motifs is 1. The lowest BCUT2D eigenvalue weighted by Gasteiger charge is -2.10. The van der Waals surface area contributed by atoms with Crippen LogP contribution in [0.2, 0.25) is 0 Å². The summed E-state index contributed by atoms with van der Waals surface area (Å²) in [5.41, 5.74) is 2.44. The van der Waals surface area contributed by atoms with Crippen LogP contribution in [0.5, 0.6) is 11.5 Å². The smallest absolute Gasteiger partial charge is 0.352 e. The first kappa shape index (κ1) is 22.0. The zero-order chi connectivity index (χ0) is 24.4. The third-order valence-electron chi connectivity index (χ3n) is 5.60. The van der Waals surface area contributed by atoms with Crippen molar-refractivity contribution < 1.29 is 14.3 Å². The summed E-state index contributed by atoms with van der Waals surface area (Å²) < 4.78 is 13.0. The molecule has 0 spiro atoms. The lowest BCUT2D eigenvalue weighted by Crippen LogP contribution is -2.26. The lowest BCUT2D eigenvalue weighted by atomic mass is 10.0. The summed E-state index contributed by atoms with van der Waals surface area (Å²) in [4.78, 5) is 26.7. The largest absolute Gasteiger partial charge is 0.497 e. The SMILES string of the molecule is COc1ccc(OC)c(C(=O)Cn2nc3nnc(-c4ccccc4)c(-c4ccccc4)n3c2=O)c1. The number of carbonyl (C=O) groups excluding carboxylic acids is 1. The summed E-state index contributed by atoms with van der Waals surface area (Å²) >= 11 is 0. The van der Waals surface area contributed by atoms with Crippen molar-refractivity contribution in [2.75, 3.05) is 14.2 Å². The average molecular weight is 467 g/mol. The number of ketones is 1. The van der Waals surface area contributed by atoms with E-state index in [0.29, 0.717) is 22.9 Å². The second-order valence-electron chi connectivity index (χ2n) is 7.69. The third-order valence-corrected chi connectivity index (χ3v) is 5.60. The van der Waals surface area contributed by atoms with Gasteiger partial charge in [-0.1, -0.05) is 60.7 Å². The van der Waals surface area contributed by atoms with Crippen molar-refractivity contribution in [2.24, 2.45) is 0 Å². The Labute approximate surface area is 200 Å². The Morgan fingerprint density at radius 1 is 0.857 bits per heavy atom. The minimum Gasteiger partial charge on any atom is -0.497 e. The molecule has 0 fully saturated rings. The topological polar surface area (TPSA) is 101 Å². The summed E-state index contributed by atoms with van der Waals surface area (Å²) in [6, 6.07) is 23.8. The normalized spacial score (nSPS) is 10.9. The second kappa shape index (κ2) is 9.22. The van der Waals surface area contributed by atoms with Gasteiger partial charge in [-0.15, -0.1) is 15.3 Å². The van der Waals surface area contributed by atoms with Gasteiger partial charge in [0.2, 0.25) is 0 Å². The van der Waals surface area contributed by atoms with Gasteiger partial charge in [-0.05, 0) is 18.2 Å². The van der Waals surface area contributed by atoms with Crippen LogP contribution >= 0.6 is 0 Å². The number of rotatable bonds is 7. The number of methoxy groups -OCH3 is 2. The number of Topliss-reactive ketones (excluding diaryl/α,β-unsaturated/α-hetero) is 1. The van der Waals surface area contributed by atoms with Gasteiger partial charge in [0.25, 0.3) is 5.78 Å². The van der Waals surface area contributed by atoms with Gasteiger partial charge in [0.1, 0.15) is 23.7 Å². The summed E-state index contributed by atoms with van der Waals surface area (Å²) in [6.07, 6.45) is 0. The van der Waals surface area contributed by atoms with Crippen LogP contribution in [0.1, 0.15) is 10.4 Å². The molecule has 0 amide bonds. The zero-order valence-corrected chi connectivity index (χ0v) is 19.1. The molecule has 35 heavy (non-hydrogen) atoms. The van der Waals surface area contributed by atoms with Crippen molar-refractivity contribution >= 4 is 11.6 Å². The molecule has 2 aromatic heterocycles. The molecule has 0 atom stereocenters. The first-order valence-electron chi connectivity index (χ1n) is 10.8. The van der Waals surface area contributed by atoms with E-state index in [4.69, 9.17) is 9.47 Å². The van der Waals surface area contributed by atoms with Crippen LogP contribution in [0, 0.1) is 0 Å². The molecule has 0 aliphatic heterocycles. The highest BCUT2D eigenvalue weighted by Gasteiger charge is 2.22. The van der Waals surface area contributed by atoms with Crippen molar-refractivity contribution in [3.05, 3.63) is 94.9 Å². The molecule has 0 aliphatic carbocycles. The molecule has 174 valence electrons. The quantitative estimate of drug-likeness (QED) is 0.338. The summed E-state index contributed by atoms with van der Waals surface area (Å²) in [5, 5.41) is 12.9. The molecule has 0 saturated carbocycles. The maximum Gasteiger partial charge on any atom is 0.352 e. The van der Waals surface area contributed by atoms with Crippen molar-refractivity contribution in [1.29, 1.82) is 0 Å². The molecule has 2 heterocycles. The number of hydrogen-bond acceptors (Lipinski definition) is 7. The number of ether oxygens (including phenoxy) is 2. The Morgan fingerprint density at radius 3 is 2.20 bits per heavy atom. The van der Waals surface area contributed by atoms with Gasteiger partial charge >= 0.3 is 5.69 Å². The first-order chi connectivity index (χ1) is 17.1. The summed E-state index contributed by atoms with van der Waals surface area (Å²) in [5.74, 6) is 0.618. The van der Waals surface area contributed by atoms with Crippen molar-refractivity contribution in [3.8, 4) is 34.0 Å². The molecule has 3 aromatic carbocycles. The molecule has 9 nitrogen and oxygen atoms in total. The Balaban J connectivity index is 1.66. The maximum atomic E-state index is 13.5. The summed E-state index contributed by atoms with van der Waals surface area (Å²) in [6.45, 7) is -0.305. The average Bonchev–Trinajstić information content (AvgIpc) is 3.23. The van der Waals surface area contributed by atoms with E-state index in [1.165, 1.54) is 18.6 Å². The van der Waals surface area contributed by atoms with Gasteiger partial charge in [-0.3, -0.25) is 4.79 Å². The van der Waals surface area contributed by atoms with E-state index in [9.17, 15) is 9.59 Å². The van der Waals surface area contributed by atoms with Crippen LogP contribution in [0.25, 0.3) is 28.3 Å². The number of hydrogen-bond donors (Lipinski definition) is 0. The van der Waals surface area contributed by atoms with Gasteiger partial charge in [-0.2, -0.15) is 0 Å². The van der Waals surface area contributed by atoms with Gasteiger partial charge in [-0.25, -0.2) is 13.9 Å². The van der Waals surface area contributed by atoms with Crippen LogP contribution in [0.15, 0.2) is 83.7 Å². The van der Waals surface area contributed by atoms with Crippen molar-refractivity contribution in [3.63, 3.8) is 0 Å². The zero-order valence-electron chi connectivity index (χ0n) is 19.1. The predicted octanol–water partition coefficient (Wildman–Crippen LogP) is 3.52. The minimum absolute atomic E-state index is 0.0962. The van der Waals surface area contributed by atoms with Gasteiger partial charge < -0.3 is 9.47 Å². The summed E-state index contributed by atoms with van der Waals surface area (Å²) in [7, 11) is 2.99. The fourth-order valence-electron chi connectivity index (χ4n) is 3.91. The molecule has 9 heteroatoms. The predicted molar refractivity (Wildman–Crippen MR) is 130 cm³/mol. The standard InChI is InChI=1S/C26H21N5O4/c1-34-19-13-14-22(35-2)20(15-19)21(32)16-30-26(33)31-24(18-11-7-4-8-12-18)23(27-28-25(31)29-30)17-9-5-3-6-10-17/h3-15H,16H2,1-2H3. The molecule has 5 rings (SSSR count). The van der Waals surface area contributed by atoms with Gasteiger partial charge in [0.15, 0.2) is 5.78 Å².